The molecule has 0 saturated carbocycles. The molecule has 4 aromatic rings. The van der Waals surface area contributed by atoms with Crippen LogP contribution in [0, 0.1) is 0 Å². The van der Waals surface area contributed by atoms with Crippen LogP contribution in [0.4, 0.5) is 5.82 Å². The zero-order valence-corrected chi connectivity index (χ0v) is 21.7. The third-order valence-corrected chi connectivity index (χ3v) is 7.68. The van der Waals surface area contributed by atoms with Crippen LogP contribution in [0.2, 0.25) is 0 Å². The number of rotatable bonds is 8. The van der Waals surface area contributed by atoms with Crippen LogP contribution in [-0.2, 0) is 6.54 Å². The van der Waals surface area contributed by atoms with E-state index in [1.807, 2.05) is 49.0 Å². The topological polar surface area (TPSA) is 105 Å². The maximum atomic E-state index is 10.2. The average molecular weight is 513 g/mol. The summed E-state index contributed by atoms with van der Waals surface area (Å²) in [5.74, 6) is 2.17. The summed E-state index contributed by atoms with van der Waals surface area (Å²) in [6.45, 7) is 8.75. The molecule has 2 aliphatic rings. The van der Waals surface area contributed by atoms with Crippen LogP contribution in [0.5, 0.6) is 5.75 Å². The van der Waals surface area contributed by atoms with Gasteiger partial charge in [0.1, 0.15) is 29.7 Å². The molecule has 0 aliphatic carbocycles. The molecule has 0 amide bonds. The van der Waals surface area contributed by atoms with Gasteiger partial charge in [-0.3, -0.25) is 4.90 Å². The molecule has 2 saturated heterocycles. The number of hydrogen-bond donors (Lipinski definition) is 2. The molecule has 2 N–H and O–H groups in total. The SMILES string of the molecule is C=C/C(=C\C(C)=C(/C)Oc1ccn2ncnc2c1)Nc1ncnn2ccc(CN3[C@@H]4CC[C@H]3C[C@H](O)C4)c12. The van der Waals surface area contributed by atoms with Crippen LogP contribution in [0.3, 0.4) is 0 Å². The number of aliphatic hydroxyl groups excluding tert-OH is 1. The molecular formula is C28H32N8O2. The molecule has 6 rings (SSSR count). The van der Waals surface area contributed by atoms with Gasteiger partial charge in [0.15, 0.2) is 11.5 Å². The Hall–Kier alpha value is -4.02. The van der Waals surface area contributed by atoms with Gasteiger partial charge in [0.2, 0.25) is 0 Å². The first-order chi connectivity index (χ1) is 18.5. The van der Waals surface area contributed by atoms with E-state index in [9.17, 15) is 5.11 Å². The number of fused-ring (bicyclic) bond motifs is 4. The van der Waals surface area contributed by atoms with Crippen LogP contribution in [0.1, 0.15) is 45.1 Å². The normalized spacial score (nSPS) is 22.6. The summed E-state index contributed by atoms with van der Waals surface area (Å²) in [5, 5.41) is 22.2. The van der Waals surface area contributed by atoms with E-state index in [-0.39, 0.29) is 6.10 Å². The molecule has 6 heterocycles. The number of aliphatic hydroxyl groups is 1. The molecule has 196 valence electrons. The van der Waals surface area contributed by atoms with E-state index in [1.54, 1.807) is 16.9 Å². The van der Waals surface area contributed by atoms with Crippen molar-refractivity contribution in [2.45, 2.75) is 64.3 Å². The maximum absolute atomic E-state index is 10.2. The first-order valence-electron chi connectivity index (χ1n) is 13.0. The Balaban J connectivity index is 1.24. The van der Waals surface area contributed by atoms with Crippen LogP contribution in [0.15, 0.2) is 79.0 Å². The number of nitrogens with zero attached hydrogens (tertiary/aromatic N) is 7. The van der Waals surface area contributed by atoms with Gasteiger partial charge in [0.05, 0.1) is 6.10 Å². The molecule has 3 atom stereocenters. The number of anilines is 1. The van der Waals surface area contributed by atoms with Crippen molar-refractivity contribution >= 4 is 17.0 Å². The molecule has 2 aliphatic heterocycles. The van der Waals surface area contributed by atoms with E-state index >= 15 is 0 Å². The minimum atomic E-state index is -0.176. The summed E-state index contributed by atoms with van der Waals surface area (Å²) in [6.07, 6.45) is 14.5. The summed E-state index contributed by atoms with van der Waals surface area (Å²) in [4.78, 5) is 11.3. The first-order valence-corrected chi connectivity index (χ1v) is 13.0. The summed E-state index contributed by atoms with van der Waals surface area (Å²) in [6, 6.07) is 6.69. The average Bonchev–Trinajstić information content (AvgIpc) is 3.60. The fraction of sp³-hybridized carbons (Fsp3) is 0.357. The number of pyridine rings is 1. The lowest BCUT2D eigenvalue weighted by molar-refractivity contribution is 0.0312. The van der Waals surface area contributed by atoms with E-state index in [2.05, 4.69) is 43.0 Å². The summed E-state index contributed by atoms with van der Waals surface area (Å²) >= 11 is 0. The summed E-state index contributed by atoms with van der Waals surface area (Å²) < 4.78 is 9.64. The van der Waals surface area contributed by atoms with Crippen molar-refractivity contribution in [2.24, 2.45) is 0 Å². The smallest absolute Gasteiger partial charge is 0.158 e. The van der Waals surface area contributed by atoms with Crippen LogP contribution < -0.4 is 10.1 Å². The second-order valence-corrected chi connectivity index (χ2v) is 10.1. The van der Waals surface area contributed by atoms with Gasteiger partial charge in [-0.2, -0.15) is 10.2 Å². The van der Waals surface area contributed by atoms with Crippen molar-refractivity contribution in [3.8, 4) is 5.75 Å². The van der Waals surface area contributed by atoms with Gasteiger partial charge in [-0.1, -0.05) is 6.58 Å². The number of piperidine rings is 1. The molecule has 2 fully saturated rings. The monoisotopic (exact) mass is 512 g/mol. The van der Waals surface area contributed by atoms with E-state index < -0.39 is 0 Å². The lowest BCUT2D eigenvalue weighted by atomic mass is 9.99. The highest BCUT2D eigenvalue weighted by Crippen LogP contribution is 2.37. The van der Waals surface area contributed by atoms with Gasteiger partial charge in [-0.15, -0.1) is 0 Å². The first kappa shape index (κ1) is 24.3. The quantitative estimate of drug-likeness (QED) is 0.268. The molecule has 0 radical (unpaired) electrons. The Morgan fingerprint density at radius 2 is 1.84 bits per heavy atom. The van der Waals surface area contributed by atoms with E-state index in [0.29, 0.717) is 17.8 Å². The zero-order valence-electron chi connectivity index (χ0n) is 21.7. The number of ether oxygens (including phenoxy) is 1. The number of hydrogen-bond acceptors (Lipinski definition) is 8. The Morgan fingerprint density at radius 1 is 1.11 bits per heavy atom. The van der Waals surface area contributed by atoms with Gasteiger partial charge in [-0.25, -0.2) is 19.0 Å². The molecule has 2 bridgehead atoms. The predicted molar refractivity (Wildman–Crippen MR) is 144 cm³/mol. The van der Waals surface area contributed by atoms with Crippen molar-refractivity contribution in [3.63, 3.8) is 0 Å². The van der Waals surface area contributed by atoms with Gasteiger partial charge in [-0.05, 0) is 75.0 Å². The van der Waals surface area contributed by atoms with Crippen molar-refractivity contribution < 1.29 is 9.84 Å². The maximum Gasteiger partial charge on any atom is 0.158 e. The van der Waals surface area contributed by atoms with Gasteiger partial charge >= 0.3 is 0 Å². The Labute approximate surface area is 221 Å². The third-order valence-electron chi connectivity index (χ3n) is 7.68. The number of nitrogens with one attached hydrogen (secondary N) is 1. The second kappa shape index (κ2) is 10.0. The van der Waals surface area contributed by atoms with Gasteiger partial charge in [0, 0.05) is 42.8 Å². The molecule has 4 aromatic heterocycles. The summed E-state index contributed by atoms with van der Waals surface area (Å²) in [5.41, 5.74) is 4.58. The fourth-order valence-electron chi connectivity index (χ4n) is 5.67. The minimum absolute atomic E-state index is 0.176. The van der Waals surface area contributed by atoms with Crippen LogP contribution in [-0.4, -0.2) is 57.4 Å². The van der Waals surface area contributed by atoms with Crippen LogP contribution in [0.25, 0.3) is 11.2 Å². The van der Waals surface area contributed by atoms with E-state index in [4.69, 9.17) is 4.74 Å². The summed E-state index contributed by atoms with van der Waals surface area (Å²) in [7, 11) is 0. The Bertz CT molecular complexity index is 1540. The molecular weight excluding hydrogens is 480 g/mol. The molecule has 10 heteroatoms. The minimum Gasteiger partial charge on any atom is -0.462 e. The largest absolute Gasteiger partial charge is 0.462 e. The standard InChI is InChI=1S/C28H32N8O2/c1-4-21(11-18(2)19(3)38-25-8-10-35-26(14-25)29-16-31-35)33-28-27-20(7-9-36(27)32-17-30-28)15-34-22-5-6-23(34)13-24(37)12-22/h4,7-11,14,16-17,22-24,37H,1,5-6,12-13,15H2,2-3H3,(H,30,32,33)/b19-18+,21-11+/t22-,23+,24-. The fourth-order valence-corrected chi connectivity index (χ4v) is 5.67. The highest BCUT2D eigenvalue weighted by atomic mass is 16.5. The van der Waals surface area contributed by atoms with Crippen molar-refractivity contribution in [1.29, 1.82) is 0 Å². The number of aromatic nitrogens is 6. The highest BCUT2D eigenvalue weighted by molar-refractivity contribution is 5.74. The predicted octanol–water partition coefficient (Wildman–Crippen LogP) is 4.11. The molecule has 0 aromatic carbocycles. The Kier molecular flexibility index (Phi) is 6.42. The molecule has 0 spiro atoms. The van der Waals surface area contributed by atoms with Crippen molar-refractivity contribution in [3.05, 3.63) is 84.6 Å². The van der Waals surface area contributed by atoms with Crippen molar-refractivity contribution in [2.75, 3.05) is 5.32 Å². The van der Waals surface area contributed by atoms with Crippen molar-refractivity contribution in [1.82, 2.24) is 34.1 Å². The lowest BCUT2D eigenvalue weighted by Crippen LogP contribution is -2.44. The lowest BCUT2D eigenvalue weighted by Gasteiger charge is -2.37. The number of allylic oxidation sites excluding steroid dienone is 4. The molecule has 10 nitrogen and oxygen atoms in total. The Morgan fingerprint density at radius 3 is 2.63 bits per heavy atom. The van der Waals surface area contributed by atoms with Gasteiger partial charge < -0.3 is 15.2 Å². The van der Waals surface area contributed by atoms with Gasteiger partial charge in [0.25, 0.3) is 0 Å². The van der Waals surface area contributed by atoms with E-state index in [0.717, 1.165) is 66.2 Å². The van der Waals surface area contributed by atoms with Crippen LogP contribution >= 0.6 is 0 Å². The zero-order chi connectivity index (χ0) is 26.2. The third kappa shape index (κ3) is 4.68. The molecule has 0 unspecified atom stereocenters. The second-order valence-electron chi connectivity index (χ2n) is 10.1. The molecule has 38 heavy (non-hydrogen) atoms. The van der Waals surface area contributed by atoms with E-state index in [1.165, 1.54) is 11.9 Å². The highest BCUT2D eigenvalue weighted by Gasteiger charge is 2.40.